The van der Waals surface area contributed by atoms with Crippen molar-refractivity contribution in [3.8, 4) is 0 Å². The first kappa shape index (κ1) is 12.5. The molecular weight excluding hydrogens is 240 g/mol. The topological polar surface area (TPSA) is 58.6 Å². The second-order valence-electron chi connectivity index (χ2n) is 5.29. The number of nitrogens with zero attached hydrogens (tertiary/aromatic N) is 1. The first-order chi connectivity index (χ1) is 7.87. The molecule has 5 nitrogen and oxygen atoms in total. The molecule has 1 N–H and O–H groups in total. The number of carbonyl (C=O) groups excluding carboxylic acids is 2. The van der Waals surface area contributed by atoms with E-state index in [-0.39, 0.29) is 11.3 Å². The SMILES string of the molecule is CC(C)(C)OC(=O)NC1CC2SCCN2C1=O. The summed E-state index contributed by atoms with van der Waals surface area (Å²) in [7, 11) is 0. The van der Waals surface area contributed by atoms with Crippen LogP contribution in [0.4, 0.5) is 4.79 Å². The Hall–Kier alpha value is -0.910. The summed E-state index contributed by atoms with van der Waals surface area (Å²) in [6, 6.07) is -0.414. The monoisotopic (exact) mass is 258 g/mol. The van der Waals surface area contributed by atoms with Gasteiger partial charge in [-0.25, -0.2) is 4.79 Å². The van der Waals surface area contributed by atoms with Gasteiger partial charge >= 0.3 is 6.09 Å². The molecule has 2 saturated heterocycles. The third-order valence-corrected chi connectivity index (χ3v) is 3.95. The maximum atomic E-state index is 11.9. The van der Waals surface area contributed by atoms with Gasteiger partial charge in [0, 0.05) is 18.7 Å². The molecule has 0 aromatic rings. The highest BCUT2D eigenvalue weighted by Gasteiger charge is 2.43. The lowest BCUT2D eigenvalue weighted by atomic mass is 10.2. The molecule has 2 atom stereocenters. The van der Waals surface area contributed by atoms with Crippen LogP contribution in [0.15, 0.2) is 0 Å². The van der Waals surface area contributed by atoms with Crippen LogP contribution < -0.4 is 5.32 Å². The van der Waals surface area contributed by atoms with E-state index >= 15 is 0 Å². The molecular formula is C11H18N2O3S. The number of rotatable bonds is 1. The summed E-state index contributed by atoms with van der Waals surface area (Å²) in [5.41, 5.74) is -0.531. The first-order valence-electron chi connectivity index (χ1n) is 5.78. The van der Waals surface area contributed by atoms with E-state index in [2.05, 4.69) is 5.32 Å². The molecule has 2 aliphatic rings. The van der Waals surface area contributed by atoms with Gasteiger partial charge in [0.25, 0.3) is 0 Å². The van der Waals surface area contributed by atoms with Gasteiger partial charge in [0.05, 0.1) is 5.37 Å². The molecule has 0 radical (unpaired) electrons. The first-order valence-corrected chi connectivity index (χ1v) is 6.83. The van der Waals surface area contributed by atoms with Crippen LogP contribution in [0.25, 0.3) is 0 Å². The molecule has 2 unspecified atom stereocenters. The van der Waals surface area contributed by atoms with E-state index < -0.39 is 17.7 Å². The number of alkyl carbamates (subject to hydrolysis) is 1. The van der Waals surface area contributed by atoms with E-state index in [9.17, 15) is 9.59 Å². The van der Waals surface area contributed by atoms with Crippen LogP contribution in [-0.4, -0.2) is 46.2 Å². The summed E-state index contributed by atoms with van der Waals surface area (Å²) in [5, 5.41) is 2.89. The Morgan fingerprint density at radius 1 is 1.53 bits per heavy atom. The quantitative estimate of drug-likeness (QED) is 0.767. The standard InChI is InChI=1S/C11H18N2O3S/c1-11(2,3)16-10(15)12-7-6-8-13(9(7)14)4-5-17-8/h7-8H,4-6H2,1-3H3,(H,12,15). The molecule has 2 fully saturated rings. The molecule has 0 bridgehead atoms. The molecule has 2 amide bonds. The third kappa shape index (κ3) is 2.86. The van der Waals surface area contributed by atoms with Crippen molar-refractivity contribution in [3.63, 3.8) is 0 Å². The second kappa shape index (κ2) is 4.40. The second-order valence-corrected chi connectivity index (χ2v) is 6.58. The smallest absolute Gasteiger partial charge is 0.408 e. The van der Waals surface area contributed by atoms with Gasteiger partial charge in [0.15, 0.2) is 0 Å². The van der Waals surface area contributed by atoms with Crippen LogP contribution in [0.2, 0.25) is 0 Å². The average molecular weight is 258 g/mol. The lowest BCUT2D eigenvalue weighted by molar-refractivity contribution is -0.129. The van der Waals surface area contributed by atoms with E-state index in [4.69, 9.17) is 4.74 Å². The molecule has 2 rings (SSSR count). The predicted octanol–water partition coefficient (Wildman–Crippen LogP) is 1.18. The van der Waals surface area contributed by atoms with Gasteiger partial charge in [-0.15, -0.1) is 11.8 Å². The van der Waals surface area contributed by atoms with E-state index in [1.165, 1.54) is 0 Å². The van der Waals surface area contributed by atoms with Crippen LogP contribution in [0, 0.1) is 0 Å². The summed E-state index contributed by atoms with van der Waals surface area (Å²) in [6.07, 6.45) is 0.171. The van der Waals surface area contributed by atoms with Crippen molar-refractivity contribution < 1.29 is 14.3 Å². The van der Waals surface area contributed by atoms with Gasteiger partial charge in [0.2, 0.25) is 5.91 Å². The van der Waals surface area contributed by atoms with Gasteiger partial charge in [-0.1, -0.05) is 0 Å². The molecule has 2 heterocycles. The Labute approximate surface area is 105 Å². The molecule has 0 saturated carbocycles. The van der Waals surface area contributed by atoms with Gasteiger partial charge in [0.1, 0.15) is 11.6 Å². The maximum absolute atomic E-state index is 11.9. The number of ether oxygens (including phenoxy) is 1. The Morgan fingerprint density at radius 3 is 2.82 bits per heavy atom. The van der Waals surface area contributed by atoms with Crippen LogP contribution in [-0.2, 0) is 9.53 Å². The summed E-state index contributed by atoms with van der Waals surface area (Å²) in [6.45, 7) is 6.20. The molecule has 6 heteroatoms. The molecule has 0 aromatic carbocycles. The van der Waals surface area contributed by atoms with Gasteiger partial charge in [-0.2, -0.15) is 0 Å². The molecule has 0 spiro atoms. The van der Waals surface area contributed by atoms with Crippen molar-refractivity contribution in [1.82, 2.24) is 10.2 Å². The fraction of sp³-hybridized carbons (Fsp3) is 0.818. The van der Waals surface area contributed by atoms with E-state index in [1.54, 1.807) is 32.5 Å². The van der Waals surface area contributed by atoms with Crippen LogP contribution in [0.1, 0.15) is 27.2 Å². The minimum absolute atomic E-state index is 0.0193. The number of hydrogen-bond acceptors (Lipinski definition) is 4. The Kier molecular flexibility index (Phi) is 3.25. The zero-order valence-electron chi connectivity index (χ0n) is 10.4. The zero-order valence-corrected chi connectivity index (χ0v) is 11.2. The van der Waals surface area contributed by atoms with Gasteiger partial charge in [-0.3, -0.25) is 4.79 Å². The van der Waals surface area contributed by atoms with Crippen molar-refractivity contribution >= 4 is 23.8 Å². The van der Waals surface area contributed by atoms with Crippen molar-refractivity contribution in [2.24, 2.45) is 0 Å². The number of fused-ring (bicyclic) bond motifs is 1. The third-order valence-electron chi connectivity index (χ3n) is 2.70. The van der Waals surface area contributed by atoms with Crippen molar-refractivity contribution in [2.75, 3.05) is 12.3 Å². The summed E-state index contributed by atoms with van der Waals surface area (Å²) < 4.78 is 5.14. The number of amides is 2. The Morgan fingerprint density at radius 2 is 2.24 bits per heavy atom. The van der Waals surface area contributed by atoms with Crippen LogP contribution in [0.5, 0.6) is 0 Å². The Bertz CT molecular complexity index is 340. The molecule has 96 valence electrons. The fourth-order valence-corrected chi connectivity index (χ4v) is 3.33. The number of thioether (sulfide) groups is 1. The maximum Gasteiger partial charge on any atom is 0.408 e. The number of nitrogens with one attached hydrogen (secondary N) is 1. The number of carbonyl (C=O) groups is 2. The average Bonchev–Trinajstić information content (AvgIpc) is 2.69. The highest BCUT2D eigenvalue weighted by atomic mass is 32.2. The van der Waals surface area contributed by atoms with Crippen LogP contribution >= 0.6 is 11.8 Å². The molecule has 0 aromatic heterocycles. The Balaban J connectivity index is 1.88. The summed E-state index contributed by atoms with van der Waals surface area (Å²) in [5.74, 6) is 1.01. The highest BCUT2D eigenvalue weighted by molar-refractivity contribution is 8.00. The number of hydrogen-bond donors (Lipinski definition) is 1. The molecule has 0 aliphatic carbocycles. The van der Waals surface area contributed by atoms with Crippen LogP contribution in [0.3, 0.4) is 0 Å². The van der Waals surface area contributed by atoms with E-state index in [0.717, 1.165) is 12.3 Å². The highest BCUT2D eigenvalue weighted by Crippen LogP contribution is 2.33. The predicted molar refractivity (Wildman–Crippen MR) is 65.7 cm³/mol. The van der Waals surface area contributed by atoms with Crippen molar-refractivity contribution in [1.29, 1.82) is 0 Å². The minimum atomic E-state index is -0.531. The fourth-order valence-electron chi connectivity index (χ4n) is 2.04. The normalized spacial score (nSPS) is 28.2. The lowest BCUT2D eigenvalue weighted by Gasteiger charge is -2.21. The van der Waals surface area contributed by atoms with Gasteiger partial charge in [-0.05, 0) is 20.8 Å². The molecule has 2 aliphatic heterocycles. The summed E-state index contributed by atoms with van der Waals surface area (Å²) in [4.78, 5) is 25.3. The zero-order chi connectivity index (χ0) is 12.6. The van der Waals surface area contributed by atoms with Crippen molar-refractivity contribution in [3.05, 3.63) is 0 Å². The molecule has 17 heavy (non-hydrogen) atoms. The lowest BCUT2D eigenvalue weighted by Crippen LogP contribution is -2.43. The van der Waals surface area contributed by atoms with E-state index in [0.29, 0.717) is 6.42 Å². The largest absolute Gasteiger partial charge is 0.444 e. The van der Waals surface area contributed by atoms with Gasteiger partial charge < -0.3 is 15.0 Å². The van der Waals surface area contributed by atoms with E-state index in [1.807, 2.05) is 4.90 Å². The van der Waals surface area contributed by atoms with Crippen molar-refractivity contribution in [2.45, 2.75) is 44.2 Å². The minimum Gasteiger partial charge on any atom is -0.444 e. The summed E-state index contributed by atoms with van der Waals surface area (Å²) >= 11 is 1.77.